The topological polar surface area (TPSA) is 41.3 Å². The molecule has 3 nitrogen and oxygen atoms in total. The summed E-state index contributed by atoms with van der Waals surface area (Å²) in [5.74, 6) is -0.335. The fourth-order valence-electron chi connectivity index (χ4n) is 2.33. The van der Waals surface area contributed by atoms with Crippen LogP contribution < -0.4 is 11.1 Å². The Hall–Kier alpha value is -0.840. The molecule has 1 aromatic rings. The van der Waals surface area contributed by atoms with Gasteiger partial charge in [-0.15, -0.1) is 0 Å². The first-order valence-electron chi connectivity index (χ1n) is 5.66. The highest BCUT2D eigenvalue weighted by atomic mass is 35.5. The molecule has 17 heavy (non-hydrogen) atoms. The van der Waals surface area contributed by atoms with Gasteiger partial charge in [0.2, 0.25) is 0 Å². The number of nitrogens with two attached hydrogens (primary N) is 1. The fourth-order valence-corrected chi connectivity index (χ4v) is 2.55. The summed E-state index contributed by atoms with van der Waals surface area (Å²) in [6.07, 6.45) is 0.953. The van der Waals surface area contributed by atoms with Crippen LogP contribution in [0.25, 0.3) is 0 Å². The van der Waals surface area contributed by atoms with Crippen molar-refractivity contribution in [1.29, 1.82) is 0 Å². The van der Waals surface area contributed by atoms with E-state index in [-0.39, 0.29) is 11.4 Å². The molecule has 0 aromatic heterocycles. The lowest BCUT2D eigenvalue weighted by molar-refractivity contribution is 0.385. The first kappa shape index (κ1) is 12.6. The van der Waals surface area contributed by atoms with Crippen molar-refractivity contribution >= 4 is 17.3 Å². The van der Waals surface area contributed by atoms with Gasteiger partial charge in [0.25, 0.3) is 0 Å². The number of rotatable bonds is 3. The predicted octanol–water partition coefficient (Wildman–Crippen LogP) is 1.92. The number of benzene rings is 1. The van der Waals surface area contributed by atoms with Crippen LogP contribution in [-0.2, 0) is 0 Å². The Kier molecular flexibility index (Phi) is 3.56. The number of likely N-dealkylation sites (N-methyl/N-ethyl adjacent to an activating group) is 1. The van der Waals surface area contributed by atoms with Gasteiger partial charge < -0.3 is 16.0 Å². The largest absolute Gasteiger partial charge is 0.377 e. The zero-order valence-electron chi connectivity index (χ0n) is 9.84. The summed E-state index contributed by atoms with van der Waals surface area (Å²) in [4.78, 5) is 2.21. The van der Waals surface area contributed by atoms with Crippen LogP contribution in [0, 0.1) is 5.82 Å². The zero-order valence-corrected chi connectivity index (χ0v) is 10.6. The van der Waals surface area contributed by atoms with Crippen molar-refractivity contribution in [3.05, 3.63) is 29.0 Å². The van der Waals surface area contributed by atoms with Crippen LogP contribution in [0.3, 0.4) is 0 Å². The predicted molar refractivity (Wildman–Crippen MR) is 68.9 cm³/mol. The monoisotopic (exact) mass is 257 g/mol. The number of hydrogen-bond donors (Lipinski definition) is 2. The lowest BCUT2D eigenvalue weighted by atomic mass is 9.98. The summed E-state index contributed by atoms with van der Waals surface area (Å²) in [7, 11) is 2.05. The second kappa shape index (κ2) is 4.80. The van der Waals surface area contributed by atoms with E-state index in [1.54, 1.807) is 6.07 Å². The summed E-state index contributed by atoms with van der Waals surface area (Å²) in [6, 6.07) is 4.46. The molecule has 0 radical (unpaired) electrons. The van der Waals surface area contributed by atoms with E-state index >= 15 is 0 Å². The number of likely N-dealkylation sites (tertiary alicyclic amines) is 1. The van der Waals surface area contributed by atoms with Gasteiger partial charge in [0.1, 0.15) is 5.82 Å². The van der Waals surface area contributed by atoms with Gasteiger partial charge in [0, 0.05) is 30.3 Å². The van der Waals surface area contributed by atoms with Crippen molar-refractivity contribution in [2.24, 2.45) is 5.73 Å². The zero-order chi connectivity index (χ0) is 12.5. The summed E-state index contributed by atoms with van der Waals surface area (Å²) < 4.78 is 13.2. The van der Waals surface area contributed by atoms with E-state index in [4.69, 9.17) is 17.3 Å². The standard InChI is InChI=1S/C12H17ClFN3/c1-17-3-2-12(7-15,8-17)16-11-5-9(13)4-10(14)6-11/h4-6,16H,2-3,7-8,15H2,1H3. The molecule has 94 valence electrons. The average Bonchev–Trinajstić information content (AvgIpc) is 2.59. The minimum atomic E-state index is -0.335. The van der Waals surface area contributed by atoms with Crippen molar-refractivity contribution in [2.45, 2.75) is 12.0 Å². The maximum atomic E-state index is 13.2. The van der Waals surface area contributed by atoms with Crippen molar-refractivity contribution in [3.8, 4) is 0 Å². The van der Waals surface area contributed by atoms with Gasteiger partial charge >= 0.3 is 0 Å². The molecule has 1 unspecified atom stereocenters. The van der Waals surface area contributed by atoms with Crippen LogP contribution >= 0.6 is 11.6 Å². The van der Waals surface area contributed by atoms with E-state index in [1.807, 2.05) is 0 Å². The van der Waals surface area contributed by atoms with Crippen molar-refractivity contribution < 1.29 is 4.39 Å². The van der Waals surface area contributed by atoms with E-state index in [0.717, 1.165) is 19.5 Å². The SMILES string of the molecule is CN1CCC(CN)(Nc2cc(F)cc(Cl)c2)C1. The molecule has 1 aromatic carbocycles. The number of hydrogen-bond acceptors (Lipinski definition) is 3. The van der Waals surface area contributed by atoms with Crippen LogP contribution in [-0.4, -0.2) is 37.1 Å². The Morgan fingerprint density at radius 3 is 2.82 bits per heavy atom. The molecule has 0 amide bonds. The molecule has 0 spiro atoms. The van der Waals surface area contributed by atoms with Crippen molar-refractivity contribution in [3.63, 3.8) is 0 Å². The molecule has 1 fully saturated rings. The number of nitrogens with zero attached hydrogens (tertiary/aromatic N) is 1. The van der Waals surface area contributed by atoms with E-state index < -0.39 is 0 Å². The smallest absolute Gasteiger partial charge is 0.126 e. The maximum Gasteiger partial charge on any atom is 0.126 e. The third-order valence-electron chi connectivity index (χ3n) is 3.21. The number of anilines is 1. The minimum Gasteiger partial charge on any atom is -0.377 e. The highest BCUT2D eigenvalue weighted by molar-refractivity contribution is 6.30. The average molecular weight is 258 g/mol. The maximum absolute atomic E-state index is 13.2. The highest BCUT2D eigenvalue weighted by Gasteiger charge is 2.35. The quantitative estimate of drug-likeness (QED) is 0.869. The number of nitrogens with one attached hydrogen (secondary N) is 1. The molecular formula is C12H17ClFN3. The Balaban J connectivity index is 2.18. The lowest BCUT2D eigenvalue weighted by Gasteiger charge is -2.30. The molecule has 1 aliphatic rings. The molecule has 0 aliphatic carbocycles. The van der Waals surface area contributed by atoms with Crippen LogP contribution in [0.15, 0.2) is 18.2 Å². The molecule has 1 heterocycles. The number of halogens is 2. The second-order valence-electron chi connectivity index (χ2n) is 4.76. The Morgan fingerprint density at radius 1 is 1.53 bits per heavy atom. The summed E-state index contributed by atoms with van der Waals surface area (Å²) in [6.45, 7) is 2.37. The van der Waals surface area contributed by atoms with Gasteiger partial charge in [-0.1, -0.05) is 11.6 Å². The van der Waals surface area contributed by atoms with Gasteiger partial charge in [0.15, 0.2) is 0 Å². The highest BCUT2D eigenvalue weighted by Crippen LogP contribution is 2.26. The Labute approximate surface area is 106 Å². The van der Waals surface area contributed by atoms with E-state index in [0.29, 0.717) is 17.3 Å². The van der Waals surface area contributed by atoms with E-state index in [9.17, 15) is 4.39 Å². The van der Waals surface area contributed by atoms with Gasteiger partial charge in [-0.2, -0.15) is 0 Å². The second-order valence-corrected chi connectivity index (χ2v) is 5.19. The minimum absolute atomic E-state index is 0.175. The Bertz CT molecular complexity index is 392. The van der Waals surface area contributed by atoms with Crippen LogP contribution in [0.2, 0.25) is 5.02 Å². The van der Waals surface area contributed by atoms with E-state index in [1.165, 1.54) is 12.1 Å². The van der Waals surface area contributed by atoms with Crippen molar-refractivity contribution in [2.75, 3.05) is 32.0 Å². The molecule has 3 N–H and O–H groups in total. The van der Waals surface area contributed by atoms with Crippen LogP contribution in [0.4, 0.5) is 10.1 Å². The van der Waals surface area contributed by atoms with Gasteiger partial charge in [-0.05, 0) is 31.7 Å². The molecule has 2 rings (SSSR count). The molecule has 1 saturated heterocycles. The molecule has 1 aliphatic heterocycles. The van der Waals surface area contributed by atoms with Gasteiger partial charge in [-0.3, -0.25) is 0 Å². The van der Waals surface area contributed by atoms with Crippen LogP contribution in [0.1, 0.15) is 6.42 Å². The van der Waals surface area contributed by atoms with E-state index in [2.05, 4.69) is 17.3 Å². The van der Waals surface area contributed by atoms with Crippen LogP contribution in [0.5, 0.6) is 0 Å². The molecule has 0 bridgehead atoms. The first-order chi connectivity index (χ1) is 8.03. The Morgan fingerprint density at radius 2 is 2.29 bits per heavy atom. The third-order valence-corrected chi connectivity index (χ3v) is 3.43. The van der Waals surface area contributed by atoms with Gasteiger partial charge in [0.05, 0.1) is 5.54 Å². The fraction of sp³-hybridized carbons (Fsp3) is 0.500. The summed E-state index contributed by atoms with van der Waals surface area (Å²) >= 11 is 5.83. The third kappa shape index (κ3) is 2.89. The normalized spacial score (nSPS) is 25.2. The molecule has 1 atom stereocenters. The molecule has 0 saturated carbocycles. The van der Waals surface area contributed by atoms with Crippen molar-refractivity contribution in [1.82, 2.24) is 4.90 Å². The lowest BCUT2D eigenvalue weighted by Crippen LogP contribution is -2.47. The summed E-state index contributed by atoms with van der Waals surface area (Å²) in [5.41, 5.74) is 6.35. The first-order valence-corrected chi connectivity index (χ1v) is 6.04. The summed E-state index contributed by atoms with van der Waals surface area (Å²) in [5, 5.41) is 3.72. The molecular weight excluding hydrogens is 241 g/mol. The van der Waals surface area contributed by atoms with Gasteiger partial charge in [-0.25, -0.2) is 4.39 Å². The molecule has 5 heteroatoms.